The second-order valence-electron chi connectivity index (χ2n) is 6.81. The van der Waals surface area contributed by atoms with Crippen LogP contribution in [0.4, 0.5) is 14.5 Å². The summed E-state index contributed by atoms with van der Waals surface area (Å²) < 4.78 is 60.2. The number of nitrogens with one attached hydrogen (secondary N) is 1. The van der Waals surface area contributed by atoms with Crippen LogP contribution >= 0.6 is 0 Å². The second kappa shape index (κ2) is 7.44. The SMILES string of the molecule is COc1ccc(NS(=O)(=O)c2ccc(F)cc2F)c2c1CC(N(C)C)CC2. The molecule has 1 aliphatic carbocycles. The molecule has 0 heterocycles. The minimum atomic E-state index is -4.19. The van der Waals surface area contributed by atoms with Crippen LogP contribution < -0.4 is 9.46 Å². The van der Waals surface area contributed by atoms with E-state index in [2.05, 4.69) is 9.62 Å². The smallest absolute Gasteiger partial charge is 0.264 e. The molecule has 0 amide bonds. The van der Waals surface area contributed by atoms with Gasteiger partial charge in [0.2, 0.25) is 0 Å². The molecule has 1 N–H and O–H groups in total. The number of benzene rings is 2. The lowest BCUT2D eigenvalue weighted by Gasteiger charge is -2.32. The van der Waals surface area contributed by atoms with E-state index < -0.39 is 26.6 Å². The molecular weight excluding hydrogens is 374 g/mol. The normalized spacial score (nSPS) is 16.9. The van der Waals surface area contributed by atoms with E-state index in [1.807, 2.05) is 14.1 Å². The van der Waals surface area contributed by atoms with Gasteiger partial charge in [0.25, 0.3) is 10.0 Å². The number of nitrogens with zero attached hydrogens (tertiary/aromatic N) is 1. The molecular formula is C19H22F2N2O3S. The van der Waals surface area contributed by atoms with Crippen molar-refractivity contribution < 1.29 is 21.9 Å². The Labute approximate surface area is 158 Å². The van der Waals surface area contributed by atoms with Crippen molar-refractivity contribution in [3.05, 3.63) is 53.1 Å². The first-order chi connectivity index (χ1) is 12.7. The zero-order valence-corrected chi connectivity index (χ0v) is 16.2. The van der Waals surface area contributed by atoms with Gasteiger partial charge in [-0.1, -0.05) is 0 Å². The molecule has 0 aromatic heterocycles. The zero-order valence-electron chi connectivity index (χ0n) is 15.4. The number of sulfonamides is 1. The molecule has 0 saturated heterocycles. The number of halogens is 2. The Balaban J connectivity index is 2.00. The summed E-state index contributed by atoms with van der Waals surface area (Å²) in [5.41, 5.74) is 2.19. The van der Waals surface area contributed by atoms with Crippen LogP contribution in [0.3, 0.4) is 0 Å². The Morgan fingerprint density at radius 1 is 1.15 bits per heavy atom. The predicted molar refractivity (Wildman–Crippen MR) is 99.7 cm³/mol. The van der Waals surface area contributed by atoms with Crippen molar-refractivity contribution in [1.82, 2.24) is 4.90 Å². The highest BCUT2D eigenvalue weighted by Crippen LogP contribution is 2.36. The average Bonchev–Trinajstić information content (AvgIpc) is 2.60. The Kier molecular flexibility index (Phi) is 5.39. The lowest BCUT2D eigenvalue weighted by atomic mass is 9.86. The molecule has 2 aromatic rings. The maximum absolute atomic E-state index is 14.0. The van der Waals surface area contributed by atoms with Crippen LogP contribution in [0.2, 0.25) is 0 Å². The fraction of sp³-hybridized carbons (Fsp3) is 0.368. The van der Waals surface area contributed by atoms with E-state index in [1.54, 1.807) is 19.2 Å². The van der Waals surface area contributed by atoms with E-state index in [1.165, 1.54) is 0 Å². The fourth-order valence-electron chi connectivity index (χ4n) is 3.45. The van der Waals surface area contributed by atoms with Gasteiger partial charge in [0.1, 0.15) is 22.3 Å². The summed E-state index contributed by atoms with van der Waals surface area (Å²) >= 11 is 0. The predicted octanol–water partition coefficient (Wildman–Crippen LogP) is 3.19. The van der Waals surface area contributed by atoms with Crippen LogP contribution in [-0.4, -0.2) is 40.6 Å². The molecule has 8 heteroatoms. The molecule has 1 aliphatic rings. The number of rotatable bonds is 5. The first kappa shape index (κ1) is 19.6. The molecule has 146 valence electrons. The molecule has 0 aliphatic heterocycles. The molecule has 3 rings (SSSR count). The van der Waals surface area contributed by atoms with Crippen molar-refractivity contribution in [3.8, 4) is 5.75 Å². The van der Waals surface area contributed by atoms with Crippen molar-refractivity contribution in [2.24, 2.45) is 0 Å². The summed E-state index contributed by atoms with van der Waals surface area (Å²) in [5, 5.41) is 0. The quantitative estimate of drug-likeness (QED) is 0.843. The monoisotopic (exact) mass is 396 g/mol. The number of anilines is 1. The Morgan fingerprint density at radius 2 is 1.89 bits per heavy atom. The third kappa shape index (κ3) is 3.91. The molecule has 0 saturated carbocycles. The number of hydrogen-bond donors (Lipinski definition) is 1. The van der Waals surface area contributed by atoms with E-state index in [9.17, 15) is 17.2 Å². The summed E-state index contributed by atoms with van der Waals surface area (Å²) in [4.78, 5) is 1.54. The fourth-order valence-corrected chi connectivity index (χ4v) is 4.60. The average molecular weight is 396 g/mol. The highest BCUT2D eigenvalue weighted by atomic mass is 32.2. The maximum atomic E-state index is 14.0. The van der Waals surface area contributed by atoms with Gasteiger partial charge >= 0.3 is 0 Å². The van der Waals surface area contributed by atoms with Crippen LogP contribution in [0.5, 0.6) is 5.75 Å². The van der Waals surface area contributed by atoms with Crippen molar-refractivity contribution in [2.75, 3.05) is 25.9 Å². The van der Waals surface area contributed by atoms with E-state index in [0.29, 0.717) is 30.0 Å². The molecule has 1 unspecified atom stereocenters. The maximum Gasteiger partial charge on any atom is 0.264 e. The number of likely N-dealkylation sites (N-methyl/N-ethyl adjacent to an activating group) is 1. The first-order valence-electron chi connectivity index (χ1n) is 8.56. The molecule has 0 radical (unpaired) electrons. The van der Waals surface area contributed by atoms with Crippen molar-refractivity contribution in [2.45, 2.75) is 30.2 Å². The Morgan fingerprint density at radius 3 is 2.52 bits per heavy atom. The van der Waals surface area contributed by atoms with E-state index in [4.69, 9.17) is 4.74 Å². The van der Waals surface area contributed by atoms with Crippen LogP contribution in [0.15, 0.2) is 35.2 Å². The van der Waals surface area contributed by atoms with Crippen LogP contribution in [-0.2, 0) is 22.9 Å². The largest absolute Gasteiger partial charge is 0.496 e. The third-order valence-corrected chi connectivity index (χ3v) is 6.33. The third-order valence-electron chi connectivity index (χ3n) is 4.93. The van der Waals surface area contributed by atoms with Gasteiger partial charge in [0, 0.05) is 17.7 Å². The van der Waals surface area contributed by atoms with Gasteiger partial charge in [-0.3, -0.25) is 4.72 Å². The minimum absolute atomic E-state index is 0.327. The van der Waals surface area contributed by atoms with E-state index >= 15 is 0 Å². The summed E-state index contributed by atoms with van der Waals surface area (Å²) in [5.74, 6) is -1.26. The number of methoxy groups -OCH3 is 1. The van der Waals surface area contributed by atoms with Crippen LogP contribution in [0.25, 0.3) is 0 Å². The highest BCUT2D eigenvalue weighted by Gasteiger charge is 2.27. The minimum Gasteiger partial charge on any atom is -0.496 e. The van der Waals surface area contributed by atoms with Gasteiger partial charge < -0.3 is 9.64 Å². The molecule has 27 heavy (non-hydrogen) atoms. The molecule has 0 fully saturated rings. The number of ether oxygens (including phenoxy) is 1. The van der Waals surface area contributed by atoms with Gasteiger partial charge in [0.15, 0.2) is 0 Å². The Hall–Kier alpha value is -2.19. The lowest BCUT2D eigenvalue weighted by molar-refractivity contribution is 0.265. The highest BCUT2D eigenvalue weighted by molar-refractivity contribution is 7.92. The van der Waals surface area contributed by atoms with E-state index in [-0.39, 0.29) is 0 Å². The van der Waals surface area contributed by atoms with Gasteiger partial charge in [0.05, 0.1) is 12.8 Å². The molecule has 0 bridgehead atoms. The first-order valence-corrected chi connectivity index (χ1v) is 10.0. The van der Waals surface area contributed by atoms with Crippen LogP contribution in [0, 0.1) is 11.6 Å². The van der Waals surface area contributed by atoms with Gasteiger partial charge in [-0.2, -0.15) is 0 Å². The van der Waals surface area contributed by atoms with Crippen molar-refractivity contribution in [1.29, 1.82) is 0 Å². The summed E-state index contributed by atoms with van der Waals surface area (Å²) in [6, 6.07) is 6.04. The van der Waals surface area contributed by atoms with Crippen LogP contribution in [0.1, 0.15) is 17.5 Å². The molecule has 5 nitrogen and oxygen atoms in total. The van der Waals surface area contributed by atoms with Crippen molar-refractivity contribution in [3.63, 3.8) is 0 Å². The summed E-state index contributed by atoms with van der Waals surface area (Å²) in [6.07, 6.45) is 2.26. The lowest BCUT2D eigenvalue weighted by Crippen LogP contribution is -2.34. The van der Waals surface area contributed by atoms with E-state index in [0.717, 1.165) is 36.1 Å². The number of fused-ring (bicyclic) bond motifs is 1. The van der Waals surface area contributed by atoms with Crippen molar-refractivity contribution >= 4 is 15.7 Å². The second-order valence-corrected chi connectivity index (χ2v) is 8.46. The van der Waals surface area contributed by atoms with Gasteiger partial charge in [-0.15, -0.1) is 0 Å². The standard InChI is InChI=1S/C19H22F2N2O3S/c1-23(2)13-5-6-14-15(11-13)18(26-3)8-7-17(14)22-27(24,25)19-9-4-12(20)10-16(19)21/h4,7-10,13,22H,5-6,11H2,1-3H3. The van der Waals surface area contributed by atoms with Gasteiger partial charge in [-0.25, -0.2) is 17.2 Å². The van der Waals surface area contributed by atoms with Gasteiger partial charge in [-0.05, 0) is 63.2 Å². The molecule has 1 atom stereocenters. The summed E-state index contributed by atoms with van der Waals surface area (Å²) in [7, 11) is 1.40. The summed E-state index contributed by atoms with van der Waals surface area (Å²) in [6.45, 7) is 0. The topological polar surface area (TPSA) is 58.6 Å². The Bertz CT molecular complexity index is 962. The number of hydrogen-bond acceptors (Lipinski definition) is 4. The molecule has 0 spiro atoms. The molecule has 2 aromatic carbocycles. The zero-order chi connectivity index (χ0) is 19.8.